The topological polar surface area (TPSA) is 59.5 Å². The van der Waals surface area contributed by atoms with Gasteiger partial charge in [0.15, 0.2) is 0 Å². The van der Waals surface area contributed by atoms with Gasteiger partial charge >= 0.3 is 5.97 Å². The largest absolute Gasteiger partial charge is 0.469 e. The van der Waals surface area contributed by atoms with Crippen LogP contribution >= 0.6 is 0 Å². The first-order valence-electron chi connectivity index (χ1n) is 5.37. The number of hydrogen-bond acceptors (Lipinski definition) is 4. The van der Waals surface area contributed by atoms with Gasteiger partial charge < -0.3 is 9.64 Å². The van der Waals surface area contributed by atoms with E-state index >= 15 is 0 Å². The minimum absolute atomic E-state index is 0.0720. The molecule has 0 fully saturated rings. The zero-order valence-electron chi connectivity index (χ0n) is 10.0. The third-order valence-corrected chi connectivity index (χ3v) is 2.38. The fourth-order valence-corrected chi connectivity index (χ4v) is 1.38. The SMILES string of the molecule is COC(=O)CCCN(C)C(=O)c1ccncc1. The van der Waals surface area contributed by atoms with Gasteiger partial charge in [-0.15, -0.1) is 0 Å². The molecule has 17 heavy (non-hydrogen) atoms. The maximum absolute atomic E-state index is 11.9. The smallest absolute Gasteiger partial charge is 0.305 e. The van der Waals surface area contributed by atoms with E-state index in [1.165, 1.54) is 7.11 Å². The van der Waals surface area contributed by atoms with Gasteiger partial charge in [0, 0.05) is 38.0 Å². The van der Waals surface area contributed by atoms with Crippen molar-refractivity contribution in [3.05, 3.63) is 30.1 Å². The Labute approximate surface area is 100 Å². The number of ether oxygens (including phenoxy) is 1. The first-order chi connectivity index (χ1) is 8.15. The summed E-state index contributed by atoms with van der Waals surface area (Å²) in [6.45, 7) is 0.524. The monoisotopic (exact) mass is 236 g/mol. The molecule has 0 aliphatic rings. The van der Waals surface area contributed by atoms with Gasteiger partial charge in [-0.2, -0.15) is 0 Å². The summed E-state index contributed by atoms with van der Waals surface area (Å²) in [6.07, 6.45) is 4.08. The third kappa shape index (κ3) is 4.22. The van der Waals surface area contributed by atoms with Crippen LogP contribution in [0.1, 0.15) is 23.2 Å². The van der Waals surface area contributed by atoms with Crippen LogP contribution in [0.3, 0.4) is 0 Å². The number of amides is 1. The summed E-state index contributed by atoms with van der Waals surface area (Å²) < 4.78 is 4.53. The molecular weight excluding hydrogens is 220 g/mol. The molecule has 0 saturated carbocycles. The standard InChI is InChI=1S/C12H16N2O3/c1-14(9-3-4-11(15)17-2)12(16)10-5-7-13-8-6-10/h5-8H,3-4,9H2,1-2H3. The van der Waals surface area contributed by atoms with Crippen LogP contribution in [0, 0.1) is 0 Å². The van der Waals surface area contributed by atoms with E-state index in [4.69, 9.17) is 0 Å². The van der Waals surface area contributed by atoms with Crippen LogP contribution in [0.2, 0.25) is 0 Å². The van der Waals surface area contributed by atoms with E-state index in [1.807, 2.05) is 0 Å². The van der Waals surface area contributed by atoms with Crippen molar-refractivity contribution in [1.29, 1.82) is 0 Å². The molecule has 0 aliphatic carbocycles. The van der Waals surface area contributed by atoms with Crippen molar-refractivity contribution in [2.75, 3.05) is 20.7 Å². The third-order valence-electron chi connectivity index (χ3n) is 2.38. The first-order valence-corrected chi connectivity index (χ1v) is 5.37. The van der Waals surface area contributed by atoms with Crippen LogP contribution in [0.5, 0.6) is 0 Å². The van der Waals surface area contributed by atoms with Crippen LogP contribution in [-0.4, -0.2) is 42.5 Å². The van der Waals surface area contributed by atoms with Crippen molar-refractivity contribution in [2.24, 2.45) is 0 Å². The van der Waals surface area contributed by atoms with Crippen molar-refractivity contribution in [1.82, 2.24) is 9.88 Å². The Morgan fingerprint density at radius 1 is 1.35 bits per heavy atom. The highest BCUT2D eigenvalue weighted by Crippen LogP contribution is 2.03. The Morgan fingerprint density at radius 2 is 2.00 bits per heavy atom. The Bertz CT molecular complexity index is 379. The van der Waals surface area contributed by atoms with Gasteiger partial charge in [0.1, 0.15) is 0 Å². The first kappa shape index (κ1) is 13.2. The van der Waals surface area contributed by atoms with Crippen molar-refractivity contribution in [3.63, 3.8) is 0 Å². The predicted octanol–water partition coefficient (Wildman–Crippen LogP) is 1.11. The molecule has 1 aromatic rings. The number of carbonyl (C=O) groups excluding carboxylic acids is 2. The lowest BCUT2D eigenvalue weighted by atomic mass is 10.2. The molecule has 92 valence electrons. The fourth-order valence-electron chi connectivity index (χ4n) is 1.38. The fraction of sp³-hybridized carbons (Fsp3) is 0.417. The highest BCUT2D eigenvalue weighted by atomic mass is 16.5. The molecule has 1 aromatic heterocycles. The Kier molecular flexibility index (Phi) is 5.13. The number of esters is 1. The number of nitrogens with zero attached hydrogens (tertiary/aromatic N) is 2. The van der Waals surface area contributed by atoms with E-state index in [-0.39, 0.29) is 11.9 Å². The number of methoxy groups -OCH3 is 1. The van der Waals surface area contributed by atoms with Gasteiger partial charge in [-0.25, -0.2) is 0 Å². The number of pyridine rings is 1. The summed E-state index contributed by atoms with van der Waals surface area (Å²) in [4.78, 5) is 28.2. The van der Waals surface area contributed by atoms with Crippen molar-refractivity contribution < 1.29 is 14.3 Å². The molecule has 0 spiro atoms. The lowest BCUT2D eigenvalue weighted by Gasteiger charge is -2.16. The van der Waals surface area contributed by atoms with Gasteiger partial charge in [-0.1, -0.05) is 0 Å². The molecule has 5 heteroatoms. The van der Waals surface area contributed by atoms with Crippen LogP contribution in [0.15, 0.2) is 24.5 Å². The highest BCUT2D eigenvalue weighted by Gasteiger charge is 2.11. The molecule has 0 atom stereocenters. The summed E-state index contributed by atoms with van der Waals surface area (Å²) in [5.74, 6) is -0.327. The minimum atomic E-state index is -0.255. The van der Waals surface area contributed by atoms with Crippen molar-refractivity contribution in [2.45, 2.75) is 12.8 Å². The molecule has 0 aliphatic heterocycles. The summed E-state index contributed by atoms with van der Waals surface area (Å²) in [5, 5.41) is 0. The summed E-state index contributed by atoms with van der Waals surface area (Å²) in [6, 6.07) is 3.33. The number of aromatic nitrogens is 1. The summed E-state index contributed by atoms with van der Waals surface area (Å²) >= 11 is 0. The molecule has 1 amide bonds. The van der Waals surface area contributed by atoms with Gasteiger partial charge in [-0.05, 0) is 18.6 Å². The van der Waals surface area contributed by atoms with Gasteiger partial charge in [0.05, 0.1) is 7.11 Å². The zero-order valence-corrected chi connectivity index (χ0v) is 10.0. The molecule has 1 heterocycles. The number of rotatable bonds is 5. The van der Waals surface area contributed by atoms with Crippen LogP contribution in [-0.2, 0) is 9.53 Å². The maximum atomic E-state index is 11.9. The maximum Gasteiger partial charge on any atom is 0.305 e. The van der Waals surface area contributed by atoms with Crippen molar-refractivity contribution in [3.8, 4) is 0 Å². The molecule has 0 N–H and O–H groups in total. The lowest BCUT2D eigenvalue weighted by molar-refractivity contribution is -0.140. The molecule has 0 bridgehead atoms. The molecule has 0 saturated heterocycles. The average molecular weight is 236 g/mol. The number of hydrogen-bond donors (Lipinski definition) is 0. The van der Waals surface area contributed by atoms with E-state index < -0.39 is 0 Å². The number of carbonyl (C=O) groups is 2. The van der Waals surface area contributed by atoms with E-state index in [9.17, 15) is 9.59 Å². The normalized spacial score (nSPS) is 9.76. The second kappa shape index (κ2) is 6.62. The average Bonchev–Trinajstić information content (AvgIpc) is 2.38. The van der Waals surface area contributed by atoms with Crippen LogP contribution in [0.25, 0.3) is 0 Å². The molecule has 1 rings (SSSR count). The van der Waals surface area contributed by atoms with Gasteiger partial charge in [-0.3, -0.25) is 14.6 Å². The second-order valence-corrected chi connectivity index (χ2v) is 3.64. The quantitative estimate of drug-likeness (QED) is 0.718. The Morgan fingerprint density at radius 3 is 2.59 bits per heavy atom. The zero-order chi connectivity index (χ0) is 12.7. The summed E-state index contributed by atoms with van der Waals surface area (Å²) in [5.41, 5.74) is 0.598. The Hall–Kier alpha value is -1.91. The van der Waals surface area contributed by atoms with E-state index in [2.05, 4.69) is 9.72 Å². The summed E-state index contributed by atoms with van der Waals surface area (Å²) in [7, 11) is 3.06. The molecule has 0 unspecified atom stereocenters. The highest BCUT2D eigenvalue weighted by molar-refractivity contribution is 5.93. The predicted molar refractivity (Wildman–Crippen MR) is 62.4 cm³/mol. The van der Waals surface area contributed by atoms with Gasteiger partial charge in [0.2, 0.25) is 0 Å². The molecular formula is C12H16N2O3. The van der Waals surface area contributed by atoms with Gasteiger partial charge in [0.25, 0.3) is 5.91 Å². The van der Waals surface area contributed by atoms with E-state index in [0.717, 1.165) is 0 Å². The van der Waals surface area contributed by atoms with Crippen LogP contribution in [0.4, 0.5) is 0 Å². The van der Waals surface area contributed by atoms with E-state index in [1.54, 1.807) is 36.5 Å². The second-order valence-electron chi connectivity index (χ2n) is 3.64. The van der Waals surface area contributed by atoms with Crippen LogP contribution < -0.4 is 0 Å². The molecule has 0 radical (unpaired) electrons. The minimum Gasteiger partial charge on any atom is -0.469 e. The Balaban J connectivity index is 2.40. The lowest BCUT2D eigenvalue weighted by Crippen LogP contribution is -2.28. The van der Waals surface area contributed by atoms with E-state index in [0.29, 0.717) is 24.9 Å². The van der Waals surface area contributed by atoms with Crippen molar-refractivity contribution >= 4 is 11.9 Å². The molecule has 5 nitrogen and oxygen atoms in total. The molecule has 0 aromatic carbocycles.